The Morgan fingerprint density at radius 1 is 1.48 bits per heavy atom. The number of ether oxygens (including phenoxy) is 2. The summed E-state index contributed by atoms with van der Waals surface area (Å²) in [6.07, 6.45) is 0.637. The minimum atomic E-state index is 0.100. The Bertz CT molecular complexity index is 519. The Morgan fingerprint density at radius 2 is 2.33 bits per heavy atom. The maximum atomic E-state index is 8.73. The molecular formula is C17H23NO3. The zero-order valence-electron chi connectivity index (χ0n) is 12.8. The number of morpholine rings is 1. The van der Waals surface area contributed by atoms with E-state index in [2.05, 4.69) is 23.8 Å². The molecule has 1 aliphatic rings. The molecule has 1 atom stereocenters. The van der Waals surface area contributed by atoms with E-state index in [9.17, 15) is 0 Å². The molecule has 1 heterocycles. The molecule has 0 aromatic heterocycles. The average Bonchev–Trinajstić information content (AvgIpc) is 2.47. The van der Waals surface area contributed by atoms with Crippen LogP contribution in [-0.2, 0) is 4.74 Å². The van der Waals surface area contributed by atoms with Gasteiger partial charge < -0.3 is 19.5 Å². The Labute approximate surface area is 126 Å². The molecule has 2 rings (SSSR count). The molecule has 4 heteroatoms. The van der Waals surface area contributed by atoms with Gasteiger partial charge in [0, 0.05) is 25.1 Å². The lowest BCUT2D eigenvalue weighted by molar-refractivity contribution is -0.0403. The zero-order valence-corrected chi connectivity index (χ0v) is 12.8. The Morgan fingerprint density at radius 3 is 3.05 bits per heavy atom. The van der Waals surface area contributed by atoms with Crippen LogP contribution in [0.15, 0.2) is 18.2 Å². The summed E-state index contributed by atoms with van der Waals surface area (Å²) in [6.45, 7) is 5.34. The molecule has 0 bridgehead atoms. The van der Waals surface area contributed by atoms with Crippen LogP contribution >= 0.6 is 0 Å². The first kappa shape index (κ1) is 15.8. The van der Waals surface area contributed by atoms with Gasteiger partial charge in [-0.15, -0.1) is 0 Å². The van der Waals surface area contributed by atoms with E-state index in [0.29, 0.717) is 13.0 Å². The lowest BCUT2D eigenvalue weighted by Gasteiger charge is -2.29. The fourth-order valence-corrected chi connectivity index (χ4v) is 2.24. The third-order valence-corrected chi connectivity index (χ3v) is 3.44. The number of benzene rings is 1. The van der Waals surface area contributed by atoms with Crippen molar-refractivity contribution in [3.63, 3.8) is 0 Å². The van der Waals surface area contributed by atoms with E-state index in [1.54, 1.807) is 0 Å². The number of hydrogen-bond acceptors (Lipinski definition) is 4. The number of hydrogen-bond donors (Lipinski definition) is 1. The minimum absolute atomic E-state index is 0.100. The number of aliphatic hydroxyl groups excluding tert-OH is 1. The van der Waals surface area contributed by atoms with Crippen molar-refractivity contribution >= 4 is 0 Å². The molecule has 1 aromatic carbocycles. The molecule has 0 saturated carbocycles. The van der Waals surface area contributed by atoms with Crippen molar-refractivity contribution < 1.29 is 14.6 Å². The Hall–Kier alpha value is -1.54. The summed E-state index contributed by atoms with van der Waals surface area (Å²) in [4.78, 5) is 2.25. The molecule has 1 fully saturated rings. The third-order valence-electron chi connectivity index (χ3n) is 3.44. The summed E-state index contributed by atoms with van der Waals surface area (Å²) in [5.41, 5.74) is 2.06. The first-order chi connectivity index (χ1) is 10.2. The lowest BCUT2D eigenvalue weighted by atomic mass is 10.1. The van der Waals surface area contributed by atoms with Crippen LogP contribution in [0.4, 0.5) is 0 Å². The van der Waals surface area contributed by atoms with Gasteiger partial charge in [0.15, 0.2) is 0 Å². The van der Waals surface area contributed by atoms with Crippen LogP contribution in [0.1, 0.15) is 17.5 Å². The highest BCUT2D eigenvalue weighted by atomic mass is 16.5. The highest BCUT2D eigenvalue weighted by Gasteiger charge is 2.18. The second-order valence-electron chi connectivity index (χ2n) is 5.32. The van der Waals surface area contributed by atoms with E-state index in [0.717, 1.165) is 36.6 Å². The molecule has 0 radical (unpaired) electrons. The van der Waals surface area contributed by atoms with Crippen molar-refractivity contribution in [2.24, 2.45) is 0 Å². The molecule has 1 aromatic rings. The van der Waals surface area contributed by atoms with Crippen LogP contribution in [0.3, 0.4) is 0 Å². The Kier molecular flexibility index (Phi) is 6.06. The average molecular weight is 289 g/mol. The number of aliphatic hydroxyl groups is 1. The van der Waals surface area contributed by atoms with Gasteiger partial charge in [0.25, 0.3) is 0 Å². The van der Waals surface area contributed by atoms with E-state index < -0.39 is 0 Å². The van der Waals surface area contributed by atoms with Crippen LogP contribution in [0.5, 0.6) is 5.75 Å². The summed E-state index contributed by atoms with van der Waals surface area (Å²) in [5.74, 6) is 6.83. The van der Waals surface area contributed by atoms with Crippen molar-refractivity contribution in [1.82, 2.24) is 4.90 Å². The first-order valence-electron chi connectivity index (χ1n) is 7.32. The van der Waals surface area contributed by atoms with Crippen molar-refractivity contribution in [3.05, 3.63) is 29.3 Å². The molecule has 1 N–H and O–H groups in total. The maximum Gasteiger partial charge on any atom is 0.119 e. The van der Waals surface area contributed by atoms with E-state index in [4.69, 9.17) is 14.6 Å². The highest BCUT2D eigenvalue weighted by Crippen LogP contribution is 2.17. The fourth-order valence-electron chi connectivity index (χ4n) is 2.24. The zero-order chi connectivity index (χ0) is 15.1. The van der Waals surface area contributed by atoms with E-state index in [-0.39, 0.29) is 12.7 Å². The highest BCUT2D eigenvalue weighted by molar-refractivity contribution is 5.44. The molecule has 0 spiro atoms. The molecular weight excluding hydrogens is 266 g/mol. The van der Waals surface area contributed by atoms with Crippen LogP contribution in [0.2, 0.25) is 0 Å². The quantitative estimate of drug-likeness (QED) is 0.852. The van der Waals surface area contributed by atoms with Gasteiger partial charge in [-0.1, -0.05) is 11.8 Å². The SMILES string of the molecule is Cc1cc(OCC2CN(C)CCO2)ccc1C#CCCO. The topological polar surface area (TPSA) is 41.9 Å². The lowest BCUT2D eigenvalue weighted by Crippen LogP contribution is -2.42. The summed E-state index contributed by atoms with van der Waals surface area (Å²) in [7, 11) is 2.10. The van der Waals surface area contributed by atoms with Gasteiger partial charge in [0.05, 0.1) is 13.2 Å². The van der Waals surface area contributed by atoms with Crippen molar-refractivity contribution in [1.29, 1.82) is 0 Å². The summed E-state index contributed by atoms with van der Waals surface area (Å²) >= 11 is 0. The smallest absolute Gasteiger partial charge is 0.119 e. The van der Waals surface area contributed by atoms with Gasteiger partial charge in [-0.2, -0.15) is 0 Å². The minimum Gasteiger partial charge on any atom is -0.491 e. The molecule has 1 aliphatic heterocycles. The van der Waals surface area contributed by atoms with Gasteiger partial charge in [-0.3, -0.25) is 0 Å². The maximum absolute atomic E-state index is 8.73. The predicted octanol–water partition coefficient (Wildman–Crippen LogP) is 1.44. The molecule has 114 valence electrons. The predicted molar refractivity (Wildman–Crippen MR) is 82.5 cm³/mol. The first-order valence-corrected chi connectivity index (χ1v) is 7.32. The van der Waals surface area contributed by atoms with Crippen molar-refractivity contribution in [2.45, 2.75) is 19.4 Å². The summed E-state index contributed by atoms with van der Waals surface area (Å²) in [6, 6.07) is 5.89. The van der Waals surface area contributed by atoms with Gasteiger partial charge in [-0.05, 0) is 37.7 Å². The Balaban J connectivity index is 1.90. The normalized spacial score (nSPS) is 18.9. The monoisotopic (exact) mass is 289 g/mol. The molecule has 1 unspecified atom stereocenters. The van der Waals surface area contributed by atoms with Gasteiger partial charge in [0.1, 0.15) is 18.5 Å². The second kappa shape index (κ2) is 8.04. The number of rotatable bonds is 4. The molecule has 0 amide bonds. The fraction of sp³-hybridized carbons (Fsp3) is 0.529. The number of likely N-dealkylation sites (N-methyl/N-ethyl adjacent to an activating group) is 1. The van der Waals surface area contributed by atoms with Crippen LogP contribution in [-0.4, -0.2) is 56.1 Å². The standard InChI is InChI=1S/C17H23NO3/c1-14-11-16(7-6-15(14)5-3-4-9-19)21-13-17-12-18(2)8-10-20-17/h6-7,11,17,19H,4,8-10,12-13H2,1-2H3. The van der Waals surface area contributed by atoms with Crippen LogP contribution in [0.25, 0.3) is 0 Å². The van der Waals surface area contributed by atoms with Crippen LogP contribution in [0, 0.1) is 18.8 Å². The number of nitrogens with zero attached hydrogens (tertiary/aromatic N) is 1. The molecule has 1 saturated heterocycles. The van der Waals surface area contributed by atoms with E-state index in [1.807, 2.05) is 25.1 Å². The third kappa shape index (κ3) is 5.05. The van der Waals surface area contributed by atoms with Gasteiger partial charge >= 0.3 is 0 Å². The molecule has 4 nitrogen and oxygen atoms in total. The van der Waals surface area contributed by atoms with Gasteiger partial charge in [-0.25, -0.2) is 0 Å². The number of aryl methyl sites for hydroxylation is 1. The van der Waals surface area contributed by atoms with Crippen molar-refractivity contribution in [2.75, 3.05) is 40.0 Å². The summed E-state index contributed by atoms with van der Waals surface area (Å²) in [5, 5.41) is 8.73. The second-order valence-corrected chi connectivity index (χ2v) is 5.32. The molecule has 0 aliphatic carbocycles. The summed E-state index contributed by atoms with van der Waals surface area (Å²) < 4.78 is 11.5. The van der Waals surface area contributed by atoms with Gasteiger partial charge in [0.2, 0.25) is 0 Å². The van der Waals surface area contributed by atoms with Crippen LogP contribution < -0.4 is 4.74 Å². The van der Waals surface area contributed by atoms with E-state index >= 15 is 0 Å². The molecule has 21 heavy (non-hydrogen) atoms. The van der Waals surface area contributed by atoms with E-state index in [1.165, 1.54) is 0 Å². The largest absolute Gasteiger partial charge is 0.491 e. The van der Waals surface area contributed by atoms with Crippen molar-refractivity contribution in [3.8, 4) is 17.6 Å².